The van der Waals surface area contributed by atoms with Crippen LogP contribution in [0.25, 0.3) is 0 Å². The van der Waals surface area contributed by atoms with Gasteiger partial charge in [0, 0.05) is 26.6 Å². The highest BCUT2D eigenvalue weighted by molar-refractivity contribution is 5.69. The minimum atomic E-state index is -0.629. The average Bonchev–Trinajstić information content (AvgIpc) is 2.77. The van der Waals surface area contributed by atoms with Crippen LogP contribution in [0.1, 0.15) is 24.2 Å². The molecule has 1 amide bonds. The lowest BCUT2D eigenvalue weighted by atomic mass is 10.0. The second kappa shape index (κ2) is 11.3. The first-order valence-electron chi connectivity index (χ1n) is 10.1. The fourth-order valence-electron chi connectivity index (χ4n) is 3.40. The van der Waals surface area contributed by atoms with Gasteiger partial charge in [-0.1, -0.05) is 60.7 Å². The van der Waals surface area contributed by atoms with E-state index in [4.69, 9.17) is 14.2 Å². The van der Waals surface area contributed by atoms with Gasteiger partial charge < -0.3 is 19.5 Å². The lowest BCUT2D eigenvalue weighted by Crippen LogP contribution is -2.50. The lowest BCUT2D eigenvalue weighted by molar-refractivity contribution is -0.148. The van der Waals surface area contributed by atoms with Crippen LogP contribution in [0.5, 0.6) is 0 Å². The summed E-state index contributed by atoms with van der Waals surface area (Å²) >= 11 is 0. The topological polar surface area (TPSA) is 77.1 Å². The molecule has 0 aromatic heterocycles. The molecular weight excluding hydrogens is 384 g/mol. The molecular formula is C23H28N2O5. The van der Waals surface area contributed by atoms with Gasteiger partial charge in [-0.25, -0.2) is 4.79 Å². The third-order valence-electron chi connectivity index (χ3n) is 4.86. The van der Waals surface area contributed by atoms with Crippen LogP contribution in [0, 0.1) is 0 Å². The van der Waals surface area contributed by atoms with E-state index in [1.165, 1.54) is 6.92 Å². The van der Waals surface area contributed by atoms with Gasteiger partial charge >= 0.3 is 12.1 Å². The van der Waals surface area contributed by atoms with E-state index in [-0.39, 0.29) is 6.61 Å². The molecule has 0 bridgehead atoms. The number of carbonyl (C=O) groups excluding carboxylic acids is 2. The van der Waals surface area contributed by atoms with Gasteiger partial charge in [0.1, 0.15) is 12.7 Å². The van der Waals surface area contributed by atoms with Crippen molar-refractivity contribution in [3.05, 3.63) is 71.8 Å². The lowest BCUT2D eigenvalue weighted by Gasteiger charge is -2.34. The second-order valence-corrected chi connectivity index (χ2v) is 7.17. The zero-order valence-corrected chi connectivity index (χ0v) is 17.2. The number of nitrogens with zero attached hydrogens (tertiary/aromatic N) is 1. The molecule has 2 aromatic carbocycles. The van der Waals surface area contributed by atoms with Gasteiger partial charge in [0.25, 0.3) is 0 Å². The molecule has 0 radical (unpaired) electrons. The number of hydrogen-bond acceptors (Lipinski definition) is 6. The Labute approximate surface area is 176 Å². The summed E-state index contributed by atoms with van der Waals surface area (Å²) in [6.45, 7) is 4.81. The molecule has 0 saturated carbocycles. The molecule has 0 aliphatic carbocycles. The maximum absolute atomic E-state index is 12.6. The number of alkyl carbamates (subject to hydrolysis) is 1. The zero-order chi connectivity index (χ0) is 21.2. The average molecular weight is 412 g/mol. The minimum absolute atomic E-state index is 0.167. The molecule has 2 unspecified atom stereocenters. The van der Waals surface area contributed by atoms with Crippen LogP contribution in [-0.4, -0.2) is 55.9 Å². The Morgan fingerprint density at radius 3 is 2.30 bits per heavy atom. The van der Waals surface area contributed by atoms with Crippen molar-refractivity contribution in [2.75, 3.05) is 32.8 Å². The van der Waals surface area contributed by atoms with E-state index in [1.807, 2.05) is 60.7 Å². The highest BCUT2D eigenvalue weighted by Gasteiger charge is 2.30. The van der Waals surface area contributed by atoms with Gasteiger partial charge in [-0.3, -0.25) is 9.69 Å². The van der Waals surface area contributed by atoms with E-state index in [0.717, 1.165) is 24.2 Å². The van der Waals surface area contributed by atoms with E-state index >= 15 is 0 Å². The summed E-state index contributed by atoms with van der Waals surface area (Å²) in [5, 5.41) is 2.92. The Morgan fingerprint density at radius 1 is 1.03 bits per heavy atom. The van der Waals surface area contributed by atoms with Gasteiger partial charge in [-0.2, -0.15) is 0 Å². The highest BCUT2D eigenvalue weighted by atomic mass is 16.6. The summed E-state index contributed by atoms with van der Waals surface area (Å²) in [4.78, 5) is 26.6. The van der Waals surface area contributed by atoms with Crippen molar-refractivity contribution >= 4 is 12.1 Å². The molecule has 1 saturated heterocycles. The zero-order valence-electron chi connectivity index (χ0n) is 17.2. The molecule has 7 heteroatoms. The van der Waals surface area contributed by atoms with Gasteiger partial charge in [0.05, 0.1) is 19.3 Å². The molecule has 1 heterocycles. The molecule has 3 rings (SSSR count). The van der Waals surface area contributed by atoms with Crippen LogP contribution in [0.15, 0.2) is 60.7 Å². The first-order valence-corrected chi connectivity index (χ1v) is 10.1. The second-order valence-electron chi connectivity index (χ2n) is 7.17. The number of benzene rings is 2. The molecule has 160 valence electrons. The molecule has 1 N–H and O–H groups in total. The van der Waals surface area contributed by atoms with Crippen LogP contribution in [0.3, 0.4) is 0 Å². The van der Waals surface area contributed by atoms with E-state index in [9.17, 15) is 9.59 Å². The fraction of sp³-hybridized carbons (Fsp3) is 0.391. The van der Waals surface area contributed by atoms with Crippen molar-refractivity contribution in [3.8, 4) is 0 Å². The fourth-order valence-corrected chi connectivity index (χ4v) is 3.40. The molecule has 1 aliphatic rings. The SMILES string of the molecule is CC(=O)OC(c1ccccc1)C(CN1CCOCC1)NC(=O)OCc1ccccc1. The van der Waals surface area contributed by atoms with Gasteiger partial charge in [-0.15, -0.1) is 0 Å². The molecule has 7 nitrogen and oxygen atoms in total. The Bertz CT molecular complexity index is 794. The number of rotatable bonds is 8. The monoisotopic (exact) mass is 412 g/mol. The predicted octanol–water partition coefficient (Wildman–Crippen LogP) is 2.92. The van der Waals surface area contributed by atoms with Crippen molar-refractivity contribution in [2.24, 2.45) is 0 Å². The summed E-state index contributed by atoms with van der Waals surface area (Å²) in [7, 11) is 0. The summed E-state index contributed by atoms with van der Waals surface area (Å²) in [5.41, 5.74) is 1.71. The number of morpholine rings is 1. The maximum Gasteiger partial charge on any atom is 0.407 e. The molecule has 2 atom stereocenters. The smallest absolute Gasteiger partial charge is 0.407 e. The van der Waals surface area contributed by atoms with E-state index in [0.29, 0.717) is 19.8 Å². The normalized spacial score (nSPS) is 16.3. The van der Waals surface area contributed by atoms with E-state index < -0.39 is 24.2 Å². The molecule has 2 aromatic rings. The highest BCUT2D eigenvalue weighted by Crippen LogP contribution is 2.23. The molecule has 1 fully saturated rings. The Morgan fingerprint density at radius 2 is 1.67 bits per heavy atom. The molecule has 0 spiro atoms. The summed E-state index contributed by atoms with van der Waals surface area (Å²) in [6.07, 6.45) is -1.18. The predicted molar refractivity (Wildman–Crippen MR) is 112 cm³/mol. The van der Waals surface area contributed by atoms with Crippen LogP contribution in [0.2, 0.25) is 0 Å². The van der Waals surface area contributed by atoms with Crippen molar-refractivity contribution in [1.29, 1.82) is 0 Å². The maximum atomic E-state index is 12.6. The van der Waals surface area contributed by atoms with Gasteiger partial charge in [-0.05, 0) is 11.1 Å². The number of amides is 1. The van der Waals surface area contributed by atoms with Crippen LogP contribution in [0.4, 0.5) is 4.79 Å². The number of nitrogens with one attached hydrogen (secondary N) is 1. The van der Waals surface area contributed by atoms with Crippen LogP contribution >= 0.6 is 0 Å². The summed E-state index contributed by atoms with van der Waals surface area (Å²) < 4.78 is 16.5. The number of ether oxygens (including phenoxy) is 3. The van der Waals surface area contributed by atoms with Crippen molar-refractivity contribution in [3.63, 3.8) is 0 Å². The largest absolute Gasteiger partial charge is 0.455 e. The first kappa shape index (κ1) is 21.8. The Hall–Kier alpha value is -2.90. The van der Waals surface area contributed by atoms with E-state index in [2.05, 4.69) is 10.2 Å². The number of esters is 1. The van der Waals surface area contributed by atoms with Gasteiger partial charge in [0.15, 0.2) is 0 Å². The molecule has 30 heavy (non-hydrogen) atoms. The standard InChI is InChI=1S/C23H28N2O5/c1-18(26)30-22(20-10-6-3-7-11-20)21(16-25-12-14-28-15-13-25)24-23(27)29-17-19-8-4-2-5-9-19/h2-11,21-22H,12-17H2,1H3,(H,24,27). The quantitative estimate of drug-likeness (QED) is 0.672. The van der Waals surface area contributed by atoms with Crippen molar-refractivity contribution in [2.45, 2.75) is 25.7 Å². The number of carbonyl (C=O) groups is 2. The minimum Gasteiger partial charge on any atom is -0.455 e. The van der Waals surface area contributed by atoms with Crippen molar-refractivity contribution in [1.82, 2.24) is 10.2 Å². The molecule has 1 aliphatic heterocycles. The third-order valence-corrected chi connectivity index (χ3v) is 4.86. The van der Waals surface area contributed by atoms with Crippen molar-refractivity contribution < 1.29 is 23.8 Å². The Balaban J connectivity index is 1.73. The summed E-state index contributed by atoms with van der Waals surface area (Å²) in [5.74, 6) is -0.407. The van der Waals surface area contributed by atoms with Gasteiger partial charge in [0.2, 0.25) is 0 Å². The first-order chi connectivity index (χ1) is 14.6. The van der Waals surface area contributed by atoms with Crippen LogP contribution in [-0.2, 0) is 25.6 Å². The summed E-state index contributed by atoms with van der Waals surface area (Å²) in [6, 6.07) is 18.4. The third kappa shape index (κ3) is 6.86. The van der Waals surface area contributed by atoms with E-state index in [1.54, 1.807) is 0 Å². The Kier molecular flexibility index (Phi) is 8.23. The number of hydrogen-bond donors (Lipinski definition) is 1. The van der Waals surface area contributed by atoms with Crippen LogP contribution < -0.4 is 5.32 Å².